The van der Waals surface area contributed by atoms with E-state index in [1.165, 1.54) is 20.3 Å². The molecule has 0 heterocycles. The van der Waals surface area contributed by atoms with Crippen molar-refractivity contribution in [2.24, 2.45) is 0 Å². The molecule has 172 valence electrons. The molecular weight excluding hydrogens is 447 g/mol. The summed E-state index contributed by atoms with van der Waals surface area (Å²) in [5.41, 5.74) is -0.0621. The molecule has 4 rings (SSSR count). The number of ether oxygens (including phenoxy) is 2. The highest BCUT2D eigenvalue weighted by molar-refractivity contribution is 7.96. The van der Waals surface area contributed by atoms with Crippen LogP contribution in [0.5, 0.6) is 23.0 Å². The molecule has 0 aliphatic rings. The SMILES string of the molecule is COc1cc(O)c(C(=O)C[P+](c2ccccc2)(c2ccccc2)c2ccccc2)c(OC)c1O. The van der Waals surface area contributed by atoms with Crippen LogP contribution in [-0.2, 0) is 0 Å². The van der Waals surface area contributed by atoms with Gasteiger partial charge in [-0.25, -0.2) is 0 Å². The molecule has 0 atom stereocenters. The maximum atomic E-state index is 14.0. The Kier molecular flexibility index (Phi) is 6.85. The van der Waals surface area contributed by atoms with Crippen LogP contribution >= 0.6 is 7.26 Å². The molecule has 2 N–H and O–H groups in total. The van der Waals surface area contributed by atoms with E-state index >= 15 is 0 Å². The average Bonchev–Trinajstić information content (AvgIpc) is 2.89. The molecule has 0 radical (unpaired) electrons. The lowest BCUT2D eigenvalue weighted by atomic mass is 10.1. The Morgan fingerprint density at radius 3 is 1.56 bits per heavy atom. The van der Waals surface area contributed by atoms with Gasteiger partial charge in [0.2, 0.25) is 11.5 Å². The van der Waals surface area contributed by atoms with Gasteiger partial charge in [0.1, 0.15) is 40.7 Å². The van der Waals surface area contributed by atoms with Crippen molar-refractivity contribution in [2.75, 3.05) is 20.4 Å². The van der Waals surface area contributed by atoms with Gasteiger partial charge in [-0.2, -0.15) is 0 Å². The zero-order valence-corrected chi connectivity index (χ0v) is 19.9. The normalized spacial score (nSPS) is 11.1. The molecule has 0 saturated heterocycles. The highest BCUT2D eigenvalue weighted by Gasteiger charge is 2.48. The van der Waals surface area contributed by atoms with E-state index in [1.807, 2.05) is 91.0 Å². The van der Waals surface area contributed by atoms with Gasteiger partial charge < -0.3 is 19.7 Å². The summed E-state index contributed by atoms with van der Waals surface area (Å²) in [6, 6.07) is 31.2. The molecule has 0 unspecified atom stereocenters. The van der Waals surface area contributed by atoms with Crippen LogP contribution in [0.25, 0.3) is 0 Å². The predicted molar refractivity (Wildman–Crippen MR) is 137 cm³/mol. The van der Waals surface area contributed by atoms with Gasteiger partial charge in [0.25, 0.3) is 0 Å². The molecule has 4 aromatic carbocycles. The van der Waals surface area contributed by atoms with Crippen molar-refractivity contribution < 1.29 is 24.5 Å². The molecule has 34 heavy (non-hydrogen) atoms. The number of benzene rings is 4. The summed E-state index contributed by atoms with van der Waals surface area (Å²) < 4.78 is 10.5. The van der Waals surface area contributed by atoms with Crippen molar-refractivity contribution >= 4 is 29.0 Å². The van der Waals surface area contributed by atoms with E-state index in [1.54, 1.807) is 0 Å². The molecular formula is C28H26O5P+. The monoisotopic (exact) mass is 473 g/mol. The van der Waals surface area contributed by atoms with E-state index in [2.05, 4.69) is 0 Å². The fourth-order valence-electron chi connectivity index (χ4n) is 4.30. The minimum atomic E-state index is -2.49. The van der Waals surface area contributed by atoms with Gasteiger partial charge in [0, 0.05) is 6.07 Å². The van der Waals surface area contributed by atoms with E-state index in [4.69, 9.17) is 9.47 Å². The van der Waals surface area contributed by atoms with Gasteiger partial charge >= 0.3 is 0 Å². The molecule has 4 aromatic rings. The Hall–Kier alpha value is -3.82. The summed E-state index contributed by atoms with van der Waals surface area (Å²) in [4.78, 5) is 14.0. The van der Waals surface area contributed by atoms with Gasteiger partial charge in [-0.3, -0.25) is 4.79 Å². The number of rotatable bonds is 8. The first-order valence-corrected chi connectivity index (χ1v) is 12.8. The highest BCUT2D eigenvalue weighted by Crippen LogP contribution is 2.56. The molecule has 0 spiro atoms. The lowest BCUT2D eigenvalue weighted by Crippen LogP contribution is -2.35. The first-order chi connectivity index (χ1) is 16.5. The number of carbonyl (C=O) groups is 1. The topological polar surface area (TPSA) is 76.0 Å². The zero-order chi connectivity index (χ0) is 24.1. The average molecular weight is 473 g/mol. The predicted octanol–water partition coefficient (Wildman–Crippen LogP) is 4.29. The molecule has 0 aliphatic heterocycles. The molecule has 5 nitrogen and oxygen atoms in total. The lowest BCUT2D eigenvalue weighted by molar-refractivity contribution is 0.101. The van der Waals surface area contributed by atoms with Crippen LogP contribution in [-0.4, -0.2) is 36.4 Å². The Labute approximate surface area is 199 Å². The zero-order valence-electron chi connectivity index (χ0n) is 19.0. The quantitative estimate of drug-likeness (QED) is 0.227. The van der Waals surface area contributed by atoms with Gasteiger partial charge in [0.05, 0.1) is 14.2 Å². The number of hydrogen-bond donors (Lipinski definition) is 2. The lowest BCUT2D eigenvalue weighted by Gasteiger charge is -2.27. The van der Waals surface area contributed by atoms with E-state index in [9.17, 15) is 15.0 Å². The molecule has 0 aliphatic carbocycles. The van der Waals surface area contributed by atoms with Crippen LogP contribution in [0, 0.1) is 0 Å². The fraction of sp³-hybridized carbons (Fsp3) is 0.107. The fourth-order valence-corrected chi connectivity index (χ4v) is 8.37. The Morgan fingerprint density at radius 2 is 1.18 bits per heavy atom. The van der Waals surface area contributed by atoms with Crippen LogP contribution in [0.15, 0.2) is 97.1 Å². The van der Waals surface area contributed by atoms with Crippen molar-refractivity contribution in [3.63, 3.8) is 0 Å². The Morgan fingerprint density at radius 1 is 0.735 bits per heavy atom. The summed E-state index contributed by atoms with van der Waals surface area (Å²) in [5.74, 6) is -1.04. The molecule has 0 fully saturated rings. The standard InChI is InChI=1S/C28H25O5P/c1-32-25-18-23(29)26(28(33-2)27(25)31)24(30)19-34(20-12-6-3-7-13-20,21-14-8-4-9-15-21)22-16-10-5-11-17-22/h3-18H,19H2,1-2H3,(H-,29,30,31)/p+1. The van der Waals surface area contributed by atoms with E-state index < -0.39 is 7.26 Å². The highest BCUT2D eigenvalue weighted by atomic mass is 31.2. The molecule has 0 amide bonds. The van der Waals surface area contributed by atoms with Gasteiger partial charge in [0.15, 0.2) is 11.5 Å². The van der Waals surface area contributed by atoms with Gasteiger partial charge in [-0.1, -0.05) is 54.6 Å². The third kappa shape index (κ3) is 4.11. The van der Waals surface area contributed by atoms with Crippen LogP contribution in [0.1, 0.15) is 10.4 Å². The second-order valence-electron chi connectivity index (χ2n) is 7.75. The van der Waals surface area contributed by atoms with Crippen LogP contribution < -0.4 is 25.4 Å². The number of ketones is 1. The molecule has 6 heteroatoms. The molecule has 0 saturated carbocycles. The number of phenols is 2. The number of aromatic hydroxyl groups is 2. The number of carbonyl (C=O) groups excluding carboxylic acids is 1. The minimum Gasteiger partial charge on any atom is -0.507 e. The van der Waals surface area contributed by atoms with E-state index in [-0.39, 0.29) is 40.5 Å². The van der Waals surface area contributed by atoms with Crippen molar-refractivity contribution in [2.45, 2.75) is 0 Å². The third-order valence-corrected chi connectivity index (χ3v) is 10.2. The smallest absolute Gasteiger partial charge is 0.208 e. The van der Waals surface area contributed by atoms with Crippen molar-refractivity contribution in [1.29, 1.82) is 0 Å². The van der Waals surface area contributed by atoms with Crippen molar-refractivity contribution in [1.82, 2.24) is 0 Å². The largest absolute Gasteiger partial charge is 0.507 e. The number of phenolic OH excluding ortho intramolecular Hbond substituents is 2. The number of hydrogen-bond acceptors (Lipinski definition) is 5. The van der Waals surface area contributed by atoms with E-state index in [0.717, 1.165) is 15.9 Å². The second kappa shape index (κ2) is 9.98. The summed E-state index contributed by atoms with van der Waals surface area (Å²) in [6.07, 6.45) is 0.0979. The Bertz CT molecular complexity index is 1180. The first kappa shape index (κ1) is 23.3. The van der Waals surface area contributed by atoms with Crippen LogP contribution in [0.3, 0.4) is 0 Å². The molecule has 0 aromatic heterocycles. The number of methoxy groups -OCH3 is 2. The van der Waals surface area contributed by atoms with Crippen LogP contribution in [0.4, 0.5) is 0 Å². The number of Topliss-reactive ketones (excluding diaryl/α,β-unsaturated/α-hetero) is 1. The maximum absolute atomic E-state index is 14.0. The summed E-state index contributed by atoms with van der Waals surface area (Å²) in [6.45, 7) is 0. The van der Waals surface area contributed by atoms with E-state index in [0.29, 0.717) is 0 Å². The maximum Gasteiger partial charge on any atom is 0.208 e. The van der Waals surface area contributed by atoms with Crippen molar-refractivity contribution in [3.8, 4) is 23.0 Å². The minimum absolute atomic E-state index is 0.0288. The first-order valence-electron chi connectivity index (χ1n) is 10.8. The van der Waals surface area contributed by atoms with Gasteiger partial charge in [-0.15, -0.1) is 0 Å². The summed E-state index contributed by atoms with van der Waals surface area (Å²) in [5, 5.41) is 24.5. The molecule has 0 bridgehead atoms. The van der Waals surface area contributed by atoms with Crippen molar-refractivity contribution in [3.05, 3.63) is 103 Å². The Balaban J connectivity index is 1.97. The summed E-state index contributed by atoms with van der Waals surface area (Å²) >= 11 is 0. The summed E-state index contributed by atoms with van der Waals surface area (Å²) in [7, 11) is 0.225. The third-order valence-electron chi connectivity index (χ3n) is 5.87. The van der Waals surface area contributed by atoms with Crippen LogP contribution in [0.2, 0.25) is 0 Å². The van der Waals surface area contributed by atoms with Gasteiger partial charge in [-0.05, 0) is 36.4 Å². The second-order valence-corrected chi connectivity index (χ2v) is 11.2.